The molecule has 2 amide bonds. The lowest BCUT2D eigenvalue weighted by atomic mass is 10.1. The fourth-order valence-corrected chi connectivity index (χ4v) is 5.40. The van der Waals surface area contributed by atoms with Crippen molar-refractivity contribution in [2.45, 2.75) is 12.6 Å². The van der Waals surface area contributed by atoms with Crippen LogP contribution < -0.4 is 10.2 Å². The lowest BCUT2D eigenvalue weighted by Crippen LogP contribution is -2.26. The second kappa shape index (κ2) is 11.2. The third-order valence-corrected chi connectivity index (χ3v) is 7.81. The van der Waals surface area contributed by atoms with Crippen molar-refractivity contribution in [1.29, 1.82) is 0 Å². The van der Waals surface area contributed by atoms with Crippen molar-refractivity contribution in [3.8, 4) is 10.6 Å². The molecule has 0 aliphatic carbocycles. The molecule has 41 heavy (non-hydrogen) atoms. The lowest BCUT2D eigenvalue weighted by molar-refractivity contribution is 0.0991. The number of rotatable bonds is 8. The summed E-state index contributed by atoms with van der Waals surface area (Å²) in [5.74, 6) is 0.360. The van der Waals surface area contributed by atoms with E-state index >= 15 is 0 Å². The van der Waals surface area contributed by atoms with Crippen LogP contribution in [0, 0.1) is 0 Å². The number of nitrogens with one attached hydrogen (secondary N) is 1. The standard InChI is InChI=1S/C31H25N5O4S/c1-35(30(39)21-10-6-3-7-11-21)22-12-13-24-23(16-22)33-31(36(24)18-25(37)20-8-4-2-5-9-20)34-29(38)28-15-14-27(41-28)26-17-32-19-40-26/h2-17,19,25,37H,18H2,1H3,(H,33,34,38)/t25-/m0/s1. The molecule has 0 radical (unpaired) electrons. The van der Waals surface area contributed by atoms with Crippen LogP contribution in [0.15, 0.2) is 108 Å². The van der Waals surface area contributed by atoms with Crippen LogP contribution in [0.3, 0.4) is 0 Å². The van der Waals surface area contributed by atoms with Gasteiger partial charge in [0.15, 0.2) is 12.2 Å². The number of nitrogens with zero attached hydrogens (tertiary/aromatic N) is 4. The van der Waals surface area contributed by atoms with Gasteiger partial charge in [0.25, 0.3) is 11.8 Å². The molecule has 2 N–H and O–H groups in total. The van der Waals surface area contributed by atoms with E-state index in [1.165, 1.54) is 17.7 Å². The fourth-order valence-electron chi connectivity index (χ4n) is 4.55. The number of aliphatic hydroxyl groups excluding tert-OH is 1. The predicted octanol–water partition coefficient (Wildman–Crippen LogP) is 6.02. The first-order chi connectivity index (χ1) is 20.0. The molecule has 6 aromatic rings. The second-order valence-corrected chi connectivity index (χ2v) is 10.4. The van der Waals surface area contributed by atoms with Crippen LogP contribution in [0.1, 0.15) is 31.7 Å². The Morgan fingerprint density at radius 2 is 1.78 bits per heavy atom. The number of carbonyl (C=O) groups is 2. The van der Waals surface area contributed by atoms with Gasteiger partial charge in [-0.2, -0.15) is 0 Å². The van der Waals surface area contributed by atoms with Crippen molar-refractivity contribution in [1.82, 2.24) is 14.5 Å². The van der Waals surface area contributed by atoms with Crippen molar-refractivity contribution in [2.24, 2.45) is 0 Å². The van der Waals surface area contributed by atoms with Gasteiger partial charge in [-0.25, -0.2) is 9.97 Å². The highest BCUT2D eigenvalue weighted by atomic mass is 32.1. The normalized spacial score (nSPS) is 11.9. The number of benzene rings is 3. The van der Waals surface area contributed by atoms with Crippen LogP contribution in [0.4, 0.5) is 11.6 Å². The van der Waals surface area contributed by atoms with Crippen LogP contribution in [0.5, 0.6) is 0 Å². The van der Waals surface area contributed by atoms with E-state index in [9.17, 15) is 14.7 Å². The number of hydrogen-bond acceptors (Lipinski definition) is 7. The number of anilines is 2. The van der Waals surface area contributed by atoms with Gasteiger partial charge < -0.3 is 19.0 Å². The Bertz CT molecular complexity index is 1810. The summed E-state index contributed by atoms with van der Waals surface area (Å²) in [4.78, 5) is 37.8. The molecule has 3 aromatic heterocycles. The first kappa shape index (κ1) is 26.2. The zero-order valence-electron chi connectivity index (χ0n) is 22.0. The van der Waals surface area contributed by atoms with Crippen LogP contribution in [0.25, 0.3) is 21.7 Å². The van der Waals surface area contributed by atoms with E-state index < -0.39 is 6.10 Å². The summed E-state index contributed by atoms with van der Waals surface area (Å²) in [7, 11) is 1.71. The number of imidazole rings is 1. The van der Waals surface area contributed by atoms with Crippen molar-refractivity contribution in [3.05, 3.63) is 120 Å². The average molecular weight is 564 g/mol. The zero-order valence-corrected chi connectivity index (χ0v) is 22.8. The van der Waals surface area contributed by atoms with Gasteiger partial charge in [-0.3, -0.25) is 14.9 Å². The molecule has 0 saturated heterocycles. The Morgan fingerprint density at radius 3 is 2.51 bits per heavy atom. The Balaban J connectivity index is 1.34. The fraction of sp³-hybridized carbons (Fsp3) is 0.0968. The van der Waals surface area contributed by atoms with Crippen molar-refractivity contribution < 1.29 is 19.1 Å². The van der Waals surface area contributed by atoms with Gasteiger partial charge in [0.2, 0.25) is 5.95 Å². The molecule has 3 heterocycles. The number of carbonyl (C=O) groups excluding carboxylic acids is 2. The molecule has 0 aliphatic rings. The number of thiophene rings is 1. The Labute approximate surface area is 239 Å². The third kappa shape index (κ3) is 5.38. The maximum absolute atomic E-state index is 13.3. The van der Waals surface area contributed by atoms with Crippen LogP contribution in [-0.2, 0) is 6.54 Å². The highest BCUT2D eigenvalue weighted by Gasteiger charge is 2.21. The maximum Gasteiger partial charge on any atom is 0.268 e. The molecule has 204 valence electrons. The van der Waals surface area contributed by atoms with Gasteiger partial charge in [-0.1, -0.05) is 48.5 Å². The lowest BCUT2D eigenvalue weighted by Gasteiger charge is -2.18. The summed E-state index contributed by atoms with van der Waals surface area (Å²) in [5, 5.41) is 14.0. The van der Waals surface area contributed by atoms with E-state index in [2.05, 4.69) is 10.3 Å². The average Bonchev–Trinajstić information content (AvgIpc) is 3.78. The van der Waals surface area contributed by atoms with Gasteiger partial charge in [0.1, 0.15) is 0 Å². The first-order valence-corrected chi connectivity index (χ1v) is 13.7. The number of aromatic nitrogens is 3. The highest BCUT2D eigenvalue weighted by molar-refractivity contribution is 7.17. The Hall–Kier alpha value is -5.06. The summed E-state index contributed by atoms with van der Waals surface area (Å²) in [6.45, 7) is 0.155. The first-order valence-electron chi connectivity index (χ1n) is 12.8. The zero-order chi connectivity index (χ0) is 28.3. The maximum atomic E-state index is 13.3. The largest absolute Gasteiger partial charge is 0.443 e. The molecule has 3 aromatic carbocycles. The van der Waals surface area contributed by atoms with Crippen molar-refractivity contribution in [3.63, 3.8) is 0 Å². The van der Waals surface area contributed by atoms with E-state index in [1.807, 2.05) is 60.7 Å². The number of amides is 2. The van der Waals surface area contributed by atoms with E-state index in [0.717, 1.165) is 10.4 Å². The van der Waals surface area contributed by atoms with Crippen molar-refractivity contribution in [2.75, 3.05) is 17.3 Å². The third-order valence-electron chi connectivity index (χ3n) is 6.71. The molecule has 0 bridgehead atoms. The molecule has 0 saturated carbocycles. The molecular weight excluding hydrogens is 538 g/mol. The topological polar surface area (TPSA) is 113 Å². The monoisotopic (exact) mass is 563 g/mol. The molecular formula is C31H25N5O4S. The molecule has 0 fully saturated rings. The number of aliphatic hydroxyl groups is 1. The molecule has 0 aliphatic heterocycles. The van der Waals surface area contributed by atoms with Crippen LogP contribution in [-0.4, -0.2) is 38.5 Å². The number of hydrogen-bond donors (Lipinski definition) is 2. The molecule has 10 heteroatoms. The van der Waals surface area contributed by atoms with Gasteiger partial charge in [-0.05, 0) is 48.0 Å². The SMILES string of the molecule is CN(C(=O)c1ccccc1)c1ccc2c(c1)nc(NC(=O)c1ccc(-c3cnco3)s1)n2C[C@H](O)c1ccccc1. The summed E-state index contributed by atoms with van der Waals surface area (Å²) in [6.07, 6.45) is 2.09. The minimum atomic E-state index is -0.842. The molecule has 0 unspecified atom stereocenters. The number of oxazole rings is 1. The summed E-state index contributed by atoms with van der Waals surface area (Å²) in [5.41, 5.74) is 3.23. The minimum Gasteiger partial charge on any atom is -0.443 e. The highest BCUT2D eigenvalue weighted by Crippen LogP contribution is 2.31. The predicted molar refractivity (Wildman–Crippen MR) is 158 cm³/mol. The van der Waals surface area contributed by atoms with E-state index in [-0.39, 0.29) is 24.3 Å². The van der Waals surface area contributed by atoms with Gasteiger partial charge in [0.05, 0.1) is 39.6 Å². The van der Waals surface area contributed by atoms with E-state index in [1.54, 1.807) is 53.0 Å². The van der Waals surface area contributed by atoms with Crippen molar-refractivity contribution >= 4 is 45.8 Å². The number of fused-ring (bicyclic) bond motifs is 1. The van der Waals surface area contributed by atoms with Crippen LogP contribution >= 0.6 is 11.3 Å². The molecule has 6 rings (SSSR count). The van der Waals surface area contributed by atoms with Gasteiger partial charge in [-0.15, -0.1) is 11.3 Å². The Kier molecular flexibility index (Phi) is 7.15. The molecule has 1 atom stereocenters. The smallest absolute Gasteiger partial charge is 0.268 e. The van der Waals surface area contributed by atoms with Crippen LogP contribution in [0.2, 0.25) is 0 Å². The minimum absolute atomic E-state index is 0.155. The Morgan fingerprint density at radius 1 is 1.02 bits per heavy atom. The van der Waals surface area contributed by atoms with Gasteiger partial charge >= 0.3 is 0 Å². The molecule has 0 spiro atoms. The van der Waals surface area contributed by atoms with Gasteiger partial charge in [0, 0.05) is 18.3 Å². The van der Waals surface area contributed by atoms with E-state index in [4.69, 9.17) is 9.40 Å². The summed E-state index contributed by atoms with van der Waals surface area (Å²) < 4.78 is 7.12. The summed E-state index contributed by atoms with van der Waals surface area (Å²) >= 11 is 1.27. The summed E-state index contributed by atoms with van der Waals surface area (Å²) in [6, 6.07) is 27.3. The quantitative estimate of drug-likeness (QED) is 0.234. The van der Waals surface area contributed by atoms with E-state index in [0.29, 0.717) is 32.9 Å². The molecule has 9 nitrogen and oxygen atoms in total. The second-order valence-electron chi connectivity index (χ2n) is 9.36.